The first-order valence-corrected chi connectivity index (χ1v) is 9.81. The molecular weight excluding hydrogens is 384 g/mol. The van der Waals surface area contributed by atoms with Gasteiger partial charge in [-0.25, -0.2) is 4.79 Å². The van der Waals surface area contributed by atoms with Crippen molar-refractivity contribution >= 4 is 17.3 Å². The molecule has 3 heterocycles. The molecule has 3 saturated heterocycles. The standard InChI is InChI=1S/C16H26O10S/c1-6-20-14(18)13-12(25-27(19)26-13)11-10(23-16(4,5)24-11)9(17)8-7-21-15(2,3)22-8/h8-13,17H,6-7H2,1-5H3/t8-,9-,10+,11+,12+,13?,27?/m1/s1. The van der Waals surface area contributed by atoms with E-state index in [0.717, 1.165) is 0 Å². The summed E-state index contributed by atoms with van der Waals surface area (Å²) in [7, 11) is 0. The molecule has 0 saturated carbocycles. The molecule has 3 rings (SSSR count). The van der Waals surface area contributed by atoms with Crippen LogP contribution in [0.4, 0.5) is 0 Å². The highest BCUT2D eigenvalue weighted by Gasteiger charge is 2.58. The first-order valence-electron chi connectivity index (χ1n) is 8.81. The van der Waals surface area contributed by atoms with Crippen LogP contribution in [-0.4, -0.2) is 76.7 Å². The smallest absolute Gasteiger partial charge is 0.339 e. The van der Waals surface area contributed by atoms with Gasteiger partial charge in [0.25, 0.3) is 0 Å². The fourth-order valence-corrected chi connectivity index (χ4v) is 4.15. The van der Waals surface area contributed by atoms with Crippen molar-refractivity contribution in [2.24, 2.45) is 0 Å². The van der Waals surface area contributed by atoms with Crippen LogP contribution in [0.3, 0.4) is 0 Å². The summed E-state index contributed by atoms with van der Waals surface area (Å²) >= 11 is -2.14. The number of carbonyl (C=O) groups excluding carboxylic acids is 1. The Morgan fingerprint density at radius 2 is 1.85 bits per heavy atom. The van der Waals surface area contributed by atoms with Crippen LogP contribution in [0.1, 0.15) is 34.6 Å². The molecule has 0 radical (unpaired) electrons. The van der Waals surface area contributed by atoms with Crippen LogP contribution in [0.5, 0.6) is 0 Å². The number of rotatable bonds is 5. The van der Waals surface area contributed by atoms with Crippen molar-refractivity contribution in [2.45, 2.75) is 82.8 Å². The van der Waals surface area contributed by atoms with E-state index in [9.17, 15) is 14.1 Å². The lowest BCUT2D eigenvalue weighted by atomic mass is 9.96. The van der Waals surface area contributed by atoms with E-state index in [1.807, 2.05) is 0 Å². The number of esters is 1. The van der Waals surface area contributed by atoms with Crippen LogP contribution < -0.4 is 0 Å². The van der Waals surface area contributed by atoms with Crippen molar-refractivity contribution in [3.8, 4) is 0 Å². The summed E-state index contributed by atoms with van der Waals surface area (Å²) in [5.74, 6) is -2.63. The van der Waals surface area contributed by atoms with Crippen LogP contribution in [0.15, 0.2) is 0 Å². The van der Waals surface area contributed by atoms with Crippen molar-refractivity contribution in [3.63, 3.8) is 0 Å². The molecule has 0 spiro atoms. The Hall–Kier alpha value is -0.660. The zero-order valence-electron chi connectivity index (χ0n) is 15.9. The maximum atomic E-state index is 12.2. The summed E-state index contributed by atoms with van der Waals surface area (Å²) in [6, 6.07) is 0. The highest BCUT2D eigenvalue weighted by molar-refractivity contribution is 7.75. The van der Waals surface area contributed by atoms with Gasteiger partial charge < -0.3 is 28.8 Å². The third kappa shape index (κ3) is 4.51. The van der Waals surface area contributed by atoms with Crippen molar-refractivity contribution in [1.29, 1.82) is 0 Å². The Morgan fingerprint density at radius 3 is 2.44 bits per heavy atom. The molecular formula is C16H26O10S. The fourth-order valence-electron chi connectivity index (χ4n) is 3.36. The van der Waals surface area contributed by atoms with Gasteiger partial charge in [-0.1, -0.05) is 0 Å². The van der Waals surface area contributed by atoms with Crippen LogP contribution in [0.25, 0.3) is 0 Å². The zero-order chi connectivity index (χ0) is 20.0. The first-order chi connectivity index (χ1) is 12.5. The van der Waals surface area contributed by atoms with E-state index in [2.05, 4.69) is 0 Å². The quantitative estimate of drug-likeness (QED) is 0.618. The van der Waals surface area contributed by atoms with Crippen molar-refractivity contribution in [2.75, 3.05) is 13.2 Å². The second kappa shape index (κ2) is 7.64. The zero-order valence-corrected chi connectivity index (χ0v) is 16.7. The molecule has 1 N–H and O–H groups in total. The van der Waals surface area contributed by atoms with Gasteiger partial charge in [-0.15, -0.1) is 0 Å². The third-order valence-corrected chi connectivity index (χ3v) is 5.17. The number of hydrogen-bond donors (Lipinski definition) is 1. The molecule has 3 aliphatic rings. The van der Waals surface area contributed by atoms with E-state index in [1.165, 1.54) is 0 Å². The Bertz CT molecular complexity index is 594. The van der Waals surface area contributed by atoms with Gasteiger partial charge in [0.05, 0.1) is 13.2 Å². The molecule has 0 aromatic heterocycles. The summed E-state index contributed by atoms with van der Waals surface area (Å²) in [6.45, 7) is 8.73. The van der Waals surface area contributed by atoms with Gasteiger partial charge >= 0.3 is 17.3 Å². The molecule has 0 aromatic rings. The molecule has 27 heavy (non-hydrogen) atoms. The first kappa shape index (κ1) is 21.1. The average molecular weight is 410 g/mol. The van der Waals surface area contributed by atoms with Crippen LogP contribution in [0, 0.1) is 0 Å². The summed E-state index contributed by atoms with van der Waals surface area (Å²) in [6.07, 6.45) is -6.02. The molecule has 3 fully saturated rings. The number of ether oxygens (including phenoxy) is 5. The van der Waals surface area contributed by atoms with Gasteiger partial charge in [0.2, 0.25) is 6.10 Å². The molecule has 2 unspecified atom stereocenters. The van der Waals surface area contributed by atoms with Crippen molar-refractivity contribution in [3.05, 3.63) is 0 Å². The van der Waals surface area contributed by atoms with Crippen molar-refractivity contribution < 1.29 is 46.2 Å². The SMILES string of the molecule is CCOC(=O)C1OS(=O)O[C@H]1[C@H]1OC(C)(C)O[C@H]1[C@H](O)[C@H]1COC(C)(C)O1. The van der Waals surface area contributed by atoms with Gasteiger partial charge in [0.1, 0.15) is 30.5 Å². The normalized spacial score (nSPS) is 41.6. The summed E-state index contributed by atoms with van der Waals surface area (Å²) in [5, 5.41) is 10.8. The molecule has 0 aliphatic carbocycles. The number of aliphatic hydroxyl groups excluding tert-OH is 1. The molecule has 0 aromatic carbocycles. The second-order valence-corrected chi connectivity index (χ2v) is 8.25. The highest BCUT2D eigenvalue weighted by atomic mass is 32.2. The van der Waals surface area contributed by atoms with E-state index >= 15 is 0 Å². The molecule has 156 valence electrons. The lowest BCUT2D eigenvalue weighted by Crippen LogP contribution is -2.52. The van der Waals surface area contributed by atoms with Crippen molar-refractivity contribution in [1.82, 2.24) is 0 Å². The van der Waals surface area contributed by atoms with Gasteiger partial charge in [-0.3, -0.25) is 8.37 Å². The summed E-state index contributed by atoms with van der Waals surface area (Å²) < 4.78 is 49.9. The Kier molecular flexibility index (Phi) is 5.96. The minimum atomic E-state index is -2.14. The minimum absolute atomic E-state index is 0.125. The number of aliphatic hydroxyl groups is 1. The van der Waals surface area contributed by atoms with Crippen LogP contribution in [0.2, 0.25) is 0 Å². The second-order valence-electron chi connectivity index (χ2n) is 7.46. The van der Waals surface area contributed by atoms with Crippen LogP contribution in [-0.2, 0) is 48.2 Å². The maximum absolute atomic E-state index is 12.2. The minimum Gasteiger partial charge on any atom is -0.464 e. The van der Waals surface area contributed by atoms with Gasteiger partial charge in [0, 0.05) is 0 Å². The maximum Gasteiger partial charge on any atom is 0.339 e. The van der Waals surface area contributed by atoms with E-state index in [-0.39, 0.29) is 13.2 Å². The van der Waals surface area contributed by atoms with Crippen LogP contribution >= 0.6 is 0 Å². The predicted molar refractivity (Wildman–Crippen MR) is 89.3 cm³/mol. The molecule has 0 amide bonds. The average Bonchev–Trinajstić information content (AvgIpc) is 3.21. The molecule has 10 nitrogen and oxygen atoms in total. The Morgan fingerprint density at radius 1 is 1.15 bits per heavy atom. The lowest BCUT2D eigenvalue weighted by molar-refractivity contribution is -0.179. The van der Waals surface area contributed by atoms with Gasteiger partial charge in [0.15, 0.2) is 11.6 Å². The molecule has 7 atom stereocenters. The van der Waals surface area contributed by atoms with Gasteiger partial charge in [-0.05, 0) is 34.6 Å². The fraction of sp³-hybridized carbons (Fsp3) is 0.938. The van der Waals surface area contributed by atoms with Gasteiger partial charge in [-0.2, -0.15) is 4.21 Å². The number of carbonyl (C=O) groups is 1. The lowest BCUT2D eigenvalue weighted by Gasteiger charge is -2.29. The Balaban J connectivity index is 1.81. The monoisotopic (exact) mass is 410 g/mol. The Labute approximate surface area is 160 Å². The van der Waals surface area contributed by atoms with E-state index in [1.54, 1.807) is 34.6 Å². The topological polar surface area (TPSA) is 119 Å². The third-order valence-electron chi connectivity index (χ3n) is 4.42. The summed E-state index contributed by atoms with van der Waals surface area (Å²) in [5.41, 5.74) is 0. The predicted octanol–water partition coefficient (Wildman–Crippen LogP) is -0.0553. The highest BCUT2D eigenvalue weighted by Crippen LogP contribution is 2.39. The number of hydrogen-bond acceptors (Lipinski definition) is 10. The molecule has 0 bridgehead atoms. The molecule has 11 heteroatoms. The van der Waals surface area contributed by atoms with E-state index < -0.39 is 65.5 Å². The van der Waals surface area contributed by atoms with E-state index in [4.69, 9.17) is 32.1 Å². The summed E-state index contributed by atoms with van der Waals surface area (Å²) in [4.78, 5) is 12.2. The molecule has 3 aliphatic heterocycles. The largest absolute Gasteiger partial charge is 0.464 e. The van der Waals surface area contributed by atoms with E-state index in [0.29, 0.717) is 0 Å².